The van der Waals surface area contributed by atoms with E-state index in [9.17, 15) is 4.79 Å². The van der Waals surface area contributed by atoms with Gasteiger partial charge in [0.25, 0.3) is 5.91 Å². The Hall–Kier alpha value is -1.05. The highest BCUT2D eigenvalue weighted by Crippen LogP contribution is 2.40. The lowest BCUT2D eigenvalue weighted by molar-refractivity contribution is 0.0936. The summed E-state index contributed by atoms with van der Waals surface area (Å²) >= 11 is 8.60. The Labute approximate surface area is 149 Å². The molecule has 1 aromatic heterocycles. The normalized spacial score (nSPS) is 16.8. The number of hydrogen-bond acceptors (Lipinski definition) is 4. The predicted octanol–water partition coefficient (Wildman–Crippen LogP) is 4.75. The minimum absolute atomic E-state index is 0.0383. The van der Waals surface area contributed by atoms with Crippen LogP contribution in [0.15, 0.2) is 21.1 Å². The summed E-state index contributed by atoms with van der Waals surface area (Å²) in [4.78, 5) is 13.6. The molecular weight excluding hydrogens is 432 g/mol. The third-order valence-corrected chi connectivity index (χ3v) is 6.04. The smallest absolute Gasteiger partial charge is 0.256 e. The van der Waals surface area contributed by atoms with Crippen molar-refractivity contribution in [2.75, 3.05) is 12.4 Å². The molecule has 3 rings (SSSR count). The topological polar surface area (TPSA) is 50.4 Å². The van der Waals surface area contributed by atoms with Crippen molar-refractivity contribution < 1.29 is 9.53 Å². The van der Waals surface area contributed by atoms with Crippen molar-refractivity contribution >= 4 is 54.1 Å². The summed E-state index contributed by atoms with van der Waals surface area (Å²) in [6, 6.07) is 3.89. The summed E-state index contributed by atoms with van der Waals surface area (Å²) in [5, 5.41) is 7.33. The number of carbonyl (C=O) groups excluding carboxylic acids is 1. The lowest BCUT2D eigenvalue weighted by atomic mass is 10.1. The van der Waals surface area contributed by atoms with E-state index in [1.54, 1.807) is 18.4 Å². The van der Waals surface area contributed by atoms with Crippen LogP contribution in [0.1, 0.15) is 32.5 Å². The third-order valence-electron chi connectivity index (χ3n) is 3.72. The van der Waals surface area contributed by atoms with Crippen molar-refractivity contribution in [2.24, 2.45) is 0 Å². The molecular formula is C15H14Br2N2O2S. The summed E-state index contributed by atoms with van der Waals surface area (Å²) in [6.45, 7) is 4.01. The SMILES string of the molecule is COc1c(Br)cc([C@@H]2NC(=O)c3c(sc(C)c3C)N2)cc1Br. The molecule has 0 spiro atoms. The van der Waals surface area contributed by atoms with Gasteiger partial charge in [-0.3, -0.25) is 4.79 Å². The molecule has 7 heteroatoms. The fourth-order valence-corrected chi connectivity index (χ4v) is 5.11. The Morgan fingerprint density at radius 2 is 1.82 bits per heavy atom. The van der Waals surface area contributed by atoms with Gasteiger partial charge < -0.3 is 15.4 Å². The van der Waals surface area contributed by atoms with E-state index in [-0.39, 0.29) is 12.1 Å². The van der Waals surface area contributed by atoms with E-state index in [4.69, 9.17) is 4.74 Å². The molecule has 0 fully saturated rings. The lowest BCUT2D eigenvalue weighted by Crippen LogP contribution is -2.38. The first kappa shape index (κ1) is 15.8. The van der Waals surface area contributed by atoms with Gasteiger partial charge in [-0.15, -0.1) is 11.3 Å². The molecule has 4 nitrogen and oxygen atoms in total. The fourth-order valence-electron chi connectivity index (χ4n) is 2.48. The average Bonchev–Trinajstić information content (AvgIpc) is 2.74. The Kier molecular flexibility index (Phi) is 4.22. The Morgan fingerprint density at radius 3 is 2.41 bits per heavy atom. The van der Waals surface area contributed by atoms with E-state index in [1.165, 1.54) is 0 Å². The van der Waals surface area contributed by atoms with E-state index < -0.39 is 0 Å². The summed E-state index contributed by atoms with van der Waals surface area (Å²) in [5.74, 6) is 0.693. The van der Waals surface area contributed by atoms with Gasteiger partial charge in [-0.1, -0.05) is 0 Å². The molecule has 1 aliphatic rings. The molecule has 0 saturated carbocycles. The molecule has 22 heavy (non-hydrogen) atoms. The van der Waals surface area contributed by atoms with Crippen molar-refractivity contribution in [3.8, 4) is 5.75 Å². The second-order valence-corrected chi connectivity index (χ2v) is 7.99. The van der Waals surface area contributed by atoms with Gasteiger partial charge in [0.2, 0.25) is 0 Å². The van der Waals surface area contributed by atoms with E-state index in [0.29, 0.717) is 0 Å². The summed E-state index contributed by atoms with van der Waals surface area (Å²) in [7, 11) is 1.62. The van der Waals surface area contributed by atoms with Crippen LogP contribution >= 0.6 is 43.2 Å². The zero-order valence-corrected chi connectivity index (χ0v) is 16.2. The summed E-state index contributed by atoms with van der Waals surface area (Å²) in [6.07, 6.45) is -0.268. The van der Waals surface area contributed by atoms with Gasteiger partial charge in [0.15, 0.2) is 0 Å². The predicted molar refractivity (Wildman–Crippen MR) is 96.0 cm³/mol. The largest absolute Gasteiger partial charge is 0.494 e. The standard InChI is InChI=1S/C15H14Br2N2O2S/c1-6-7(2)22-15-11(6)14(20)18-13(19-15)8-4-9(16)12(21-3)10(17)5-8/h4-5,13,19H,1-3H3,(H,18,20)/t13-/m1/s1. The minimum atomic E-state index is -0.268. The molecule has 0 bridgehead atoms. The van der Waals surface area contributed by atoms with Crippen molar-refractivity contribution in [3.05, 3.63) is 42.6 Å². The molecule has 0 saturated heterocycles. The lowest BCUT2D eigenvalue weighted by Gasteiger charge is -2.27. The first-order valence-corrected chi connectivity index (χ1v) is 9.03. The van der Waals surface area contributed by atoms with Crippen LogP contribution in [-0.4, -0.2) is 13.0 Å². The molecule has 1 aromatic carbocycles. The Morgan fingerprint density at radius 1 is 1.18 bits per heavy atom. The maximum absolute atomic E-state index is 12.4. The van der Waals surface area contributed by atoms with Crippen molar-refractivity contribution in [3.63, 3.8) is 0 Å². The van der Waals surface area contributed by atoms with Gasteiger partial charge in [-0.25, -0.2) is 0 Å². The number of methoxy groups -OCH3 is 1. The quantitative estimate of drug-likeness (QED) is 0.700. The van der Waals surface area contributed by atoms with Crippen molar-refractivity contribution in [2.45, 2.75) is 20.0 Å². The first-order chi connectivity index (χ1) is 10.4. The Balaban J connectivity index is 2.00. The van der Waals surface area contributed by atoms with Gasteiger partial charge in [0, 0.05) is 4.88 Å². The van der Waals surface area contributed by atoms with E-state index in [2.05, 4.69) is 42.5 Å². The van der Waals surface area contributed by atoms with Crippen LogP contribution in [0, 0.1) is 13.8 Å². The monoisotopic (exact) mass is 444 g/mol. The number of nitrogens with one attached hydrogen (secondary N) is 2. The van der Waals surface area contributed by atoms with E-state index >= 15 is 0 Å². The Bertz CT molecular complexity index is 750. The average molecular weight is 446 g/mol. The first-order valence-electron chi connectivity index (χ1n) is 6.62. The second-order valence-electron chi connectivity index (χ2n) is 5.06. The third kappa shape index (κ3) is 2.55. The maximum Gasteiger partial charge on any atom is 0.256 e. The van der Waals surface area contributed by atoms with Gasteiger partial charge >= 0.3 is 0 Å². The number of benzene rings is 1. The molecule has 2 heterocycles. The number of thiophene rings is 1. The molecule has 1 atom stereocenters. The number of fused-ring (bicyclic) bond motifs is 1. The molecule has 0 aliphatic carbocycles. The van der Waals surface area contributed by atoms with Crippen molar-refractivity contribution in [1.82, 2.24) is 5.32 Å². The van der Waals surface area contributed by atoms with Gasteiger partial charge in [0.05, 0.1) is 21.6 Å². The number of aryl methyl sites for hydroxylation is 1. The van der Waals surface area contributed by atoms with Crippen LogP contribution in [-0.2, 0) is 0 Å². The van der Waals surface area contributed by atoms with Crippen LogP contribution in [0.3, 0.4) is 0 Å². The maximum atomic E-state index is 12.4. The minimum Gasteiger partial charge on any atom is -0.494 e. The summed E-state index contributed by atoms with van der Waals surface area (Å²) in [5.41, 5.74) is 2.74. The van der Waals surface area contributed by atoms with Crippen LogP contribution in [0.5, 0.6) is 5.75 Å². The van der Waals surface area contributed by atoms with Crippen molar-refractivity contribution in [1.29, 1.82) is 0 Å². The number of hydrogen-bond donors (Lipinski definition) is 2. The molecule has 2 aromatic rings. The van der Waals surface area contributed by atoms with Crippen LogP contribution in [0.4, 0.5) is 5.00 Å². The van der Waals surface area contributed by atoms with E-state index in [0.717, 1.165) is 41.3 Å². The zero-order chi connectivity index (χ0) is 16.0. The van der Waals surface area contributed by atoms with Crippen LogP contribution < -0.4 is 15.4 Å². The van der Waals surface area contributed by atoms with Gasteiger partial charge in [-0.05, 0) is 69.0 Å². The molecule has 2 N–H and O–H groups in total. The highest BCUT2D eigenvalue weighted by Gasteiger charge is 2.29. The van der Waals surface area contributed by atoms with E-state index in [1.807, 2.05) is 26.0 Å². The number of halogens is 2. The molecule has 1 amide bonds. The number of rotatable bonds is 2. The van der Waals surface area contributed by atoms with Crippen LogP contribution in [0.25, 0.3) is 0 Å². The molecule has 116 valence electrons. The van der Waals surface area contributed by atoms with Crippen LogP contribution in [0.2, 0.25) is 0 Å². The second kappa shape index (κ2) is 5.86. The molecule has 0 radical (unpaired) electrons. The summed E-state index contributed by atoms with van der Waals surface area (Å²) < 4.78 is 6.98. The zero-order valence-electron chi connectivity index (χ0n) is 12.2. The fraction of sp³-hybridized carbons (Fsp3) is 0.267. The molecule has 1 aliphatic heterocycles. The molecule has 0 unspecified atom stereocenters. The highest BCUT2D eigenvalue weighted by atomic mass is 79.9. The number of amides is 1. The van der Waals surface area contributed by atoms with Gasteiger partial charge in [0.1, 0.15) is 16.9 Å². The highest BCUT2D eigenvalue weighted by molar-refractivity contribution is 9.11. The number of ether oxygens (including phenoxy) is 1. The number of anilines is 1. The number of carbonyl (C=O) groups is 1. The van der Waals surface area contributed by atoms with Gasteiger partial charge in [-0.2, -0.15) is 0 Å².